The Hall–Kier alpha value is -0.0500. The Morgan fingerprint density at radius 3 is 2.38 bits per heavy atom. The van der Waals surface area contributed by atoms with E-state index in [9.17, 15) is 13.2 Å². The number of halogens is 5. The summed E-state index contributed by atoms with van der Waals surface area (Å²) in [6.07, 6.45) is -4.69. The summed E-state index contributed by atoms with van der Waals surface area (Å²) < 4.78 is 38.7. The van der Waals surface area contributed by atoms with Crippen molar-refractivity contribution in [1.29, 1.82) is 0 Å². The molecule has 1 fully saturated rings. The number of nitrogens with one attached hydrogen (secondary N) is 1. The lowest BCUT2D eigenvalue weighted by molar-refractivity contribution is -0.138. The van der Waals surface area contributed by atoms with Crippen LogP contribution in [0.4, 0.5) is 13.2 Å². The molecule has 1 aromatic carbocycles. The number of nitrogens with zero attached hydrogens (tertiary/aromatic N) is 1. The van der Waals surface area contributed by atoms with Gasteiger partial charge in [0.2, 0.25) is 0 Å². The van der Waals surface area contributed by atoms with Gasteiger partial charge in [0.1, 0.15) is 0 Å². The van der Waals surface area contributed by atoms with E-state index in [0.717, 1.165) is 35.3 Å². The zero-order chi connectivity index (χ0) is 14.6. The van der Waals surface area contributed by atoms with Crippen LogP contribution in [0.3, 0.4) is 0 Å². The topological polar surface area (TPSA) is 15.3 Å². The van der Waals surface area contributed by atoms with Crippen LogP contribution in [-0.2, 0) is 0 Å². The first-order valence-electron chi connectivity index (χ1n) is 6.73. The number of alkyl halides is 3. The summed E-state index contributed by atoms with van der Waals surface area (Å²) in [5, 5.41) is 3.24. The quantitative estimate of drug-likeness (QED) is 0.721. The minimum Gasteiger partial charge on any atom is -0.314 e. The molecule has 120 valence electrons. The lowest BCUT2D eigenvalue weighted by Gasteiger charge is -2.36. The predicted octanol–water partition coefficient (Wildman–Crippen LogP) is 4.00. The largest absolute Gasteiger partial charge is 0.389 e. The molecule has 0 amide bonds. The number of hydrogen-bond acceptors (Lipinski definition) is 2. The van der Waals surface area contributed by atoms with Crippen LogP contribution in [0.5, 0.6) is 0 Å². The lowest BCUT2D eigenvalue weighted by Crippen LogP contribution is -2.45. The van der Waals surface area contributed by atoms with E-state index in [1.807, 2.05) is 24.3 Å². The van der Waals surface area contributed by atoms with Crippen molar-refractivity contribution in [1.82, 2.24) is 10.2 Å². The molecule has 0 unspecified atom stereocenters. The summed E-state index contributed by atoms with van der Waals surface area (Å²) in [4.78, 5) is 2.17. The van der Waals surface area contributed by atoms with Crippen LogP contribution in [0.25, 0.3) is 0 Å². The highest BCUT2D eigenvalue weighted by molar-refractivity contribution is 14.1. The van der Waals surface area contributed by atoms with Crippen molar-refractivity contribution < 1.29 is 13.2 Å². The molecule has 21 heavy (non-hydrogen) atoms. The molecule has 1 aliphatic rings. The standard InChI is InChI=1S/C14H18F3IN2.ClH/c15-14(16,17)6-5-13(20-9-7-19-8-10-20)11-3-1-2-4-12(11)18;/h1-4,13,19H,5-10H2;1H/t13-;/m0./s1. The molecule has 1 aromatic rings. The minimum absolute atomic E-state index is 0. The van der Waals surface area contributed by atoms with Gasteiger partial charge in [-0.15, -0.1) is 12.4 Å². The van der Waals surface area contributed by atoms with Crippen molar-refractivity contribution in [2.75, 3.05) is 26.2 Å². The monoisotopic (exact) mass is 434 g/mol. The van der Waals surface area contributed by atoms with Crippen molar-refractivity contribution in [3.8, 4) is 0 Å². The number of benzene rings is 1. The Labute approximate surface area is 143 Å². The van der Waals surface area contributed by atoms with Crippen LogP contribution >= 0.6 is 35.0 Å². The normalized spacial score (nSPS) is 18.1. The maximum atomic E-state index is 12.6. The van der Waals surface area contributed by atoms with Gasteiger partial charge in [0.15, 0.2) is 0 Å². The highest BCUT2D eigenvalue weighted by Crippen LogP contribution is 2.33. The molecule has 2 rings (SSSR count). The van der Waals surface area contributed by atoms with Gasteiger partial charge in [-0.3, -0.25) is 4.90 Å². The first kappa shape index (κ1) is 19.0. The molecule has 1 N–H and O–H groups in total. The van der Waals surface area contributed by atoms with Crippen LogP contribution in [0.15, 0.2) is 24.3 Å². The molecule has 0 spiro atoms. The third kappa shape index (κ3) is 5.92. The number of piperazine rings is 1. The summed E-state index contributed by atoms with van der Waals surface area (Å²) in [7, 11) is 0. The Morgan fingerprint density at radius 2 is 1.81 bits per heavy atom. The molecule has 0 radical (unpaired) electrons. The maximum absolute atomic E-state index is 12.6. The molecular formula is C14H19ClF3IN2. The fraction of sp³-hybridized carbons (Fsp3) is 0.571. The van der Waals surface area contributed by atoms with E-state index >= 15 is 0 Å². The summed E-state index contributed by atoms with van der Waals surface area (Å²) in [5.74, 6) is 0. The fourth-order valence-corrected chi connectivity index (χ4v) is 3.32. The van der Waals surface area contributed by atoms with E-state index < -0.39 is 12.6 Å². The van der Waals surface area contributed by atoms with Gasteiger partial charge in [0, 0.05) is 42.2 Å². The van der Waals surface area contributed by atoms with Gasteiger partial charge < -0.3 is 5.32 Å². The smallest absolute Gasteiger partial charge is 0.314 e. The first-order valence-corrected chi connectivity index (χ1v) is 7.81. The van der Waals surface area contributed by atoms with Gasteiger partial charge in [-0.1, -0.05) is 18.2 Å². The second-order valence-corrected chi connectivity index (χ2v) is 6.14. The Balaban J connectivity index is 0.00000220. The van der Waals surface area contributed by atoms with Gasteiger partial charge in [0.25, 0.3) is 0 Å². The molecular weight excluding hydrogens is 416 g/mol. The zero-order valence-electron chi connectivity index (χ0n) is 11.5. The van der Waals surface area contributed by atoms with Crippen LogP contribution in [0.1, 0.15) is 24.4 Å². The average molecular weight is 435 g/mol. The molecule has 1 heterocycles. The van der Waals surface area contributed by atoms with Gasteiger partial charge in [-0.2, -0.15) is 13.2 Å². The van der Waals surface area contributed by atoms with Gasteiger partial charge >= 0.3 is 6.18 Å². The SMILES string of the molecule is Cl.FC(F)(F)CC[C@@H](c1ccccc1I)N1CCNCC1. The third-order valence-electron chi connectivity index (χ3n) is 3.56. The van der Waals surface area contributed by atoms with Gasteiger partial charge in [-0.05, 0) is 40.6 Å². The van der Waals surface area contributed by atoms with Crippen molar-refractivity contribution in [2.24, 2.45) is 0 Å². The molecule has 0 aliphatic carbocycles. The Kier molecular flexibility index (Phi) is 7.73. The van der Waals surface area contributed by atoms with Crippen molar-refractivity contribution in [3.63, 3.8) is 0 Å². The lowest BCUT2D eigenvalue weighted by atomic mass is 9.99. The second kappa shape index (κ2) is 8.55. The molecule has 1 aliphatic heterocycles. The molecule has 7 heteroatoms. The number of hydrogen-bond donors (Lipinski definition) is 1. The van der Waals surface area contributed by atoms with Crippen LogP contribution in [0.2, 0.25) is 0 Å². The highest BCUT2D eigenvalue weighted by Gasteiger charge is 2.31. The minimum atomic E-state index is -4.09. The van der Waals surface area contributed by atoms with E-state index in [0.29, 0.717) is 0 Å². The van der Waals surface area contributed by atoms with Crippen molar-refractivity contribution in [3.05, 3.63) is 33.4 Å². The zero-order valence-corrected chi connectivity index (χ0v) is 14.5. The Bertz CT molecular complexity index is 436. The van der Waals surface area contributed by atoms with Crippen molar-refractivity contribution >= 4 is 35.0 Å². The summed E-state index contributed by atoms with van der Waals surface area (Å²) in [6, 6.07) is 7.58. The summed E-state index contributed by atoms with van der Waals surface area (Å²) in [5.41, 5.74) is 1.01. The summed E-state index contributed by atoms with van der Waals surface area (Å²) >= 11 is 2.21. The average Bonchev–Trinajstić information content (AvgIpc) is 2.41. The predicted molar refractivity (Wildman–Crippen MR) is 88.9 cm³/mol. The molecule has 1 saturated heterocycles. The van der Waals surface area contributed by atoms with Gasteiger partial charge in [0.05, 0.1) is 0 Å². The van der Waals surface area contributed by atoms with E-state index in [4.69, 9.17) is 0 Å². The van der Waals surface area contributed by atoms with Crippen LogP contribution in [-0.4, -0.2) is 37.3 Å². The highest BCUT2D eigenvalue weighted by atomic mass is 127. The summed E-state index contributed by atoms with van der Waals surface area (Å²) in [6.45, 7) is 3.28. The third-order valence-corrected chi connectivity index (χ3v) is 4.54. The molecule has 2 nitrogen and oxygen atoms in total. The van der Waals surface area contributed by atoms with E-state index in [-0.39, 0.29) is 24.9 Å². The maximum Gasteiger partial charge on any atom is 0.389 e. The molecule has 1 atom stereocenters. The molecule has 0 bridgehead atoms. The number of rotatable bonds is 4. The van der Waals surface area contributed by atoms with Gasteiger partial charge in [-0.25, -0.2) is 0 Å². The fourth-order valence-electron chi connectivity index (χ4n) is 2.57. The van der Waals surface area contributed by atoms with Crippen molar-refractivity contribution in [2.45, 2.75) is 25.1 Å². The second-order valence-electron chi connectivity index (χ2n) is 4.98. The Morgan fingerprint density at radius 1 is 1.19 bits per heavy atom. The van der Waals surface area contributed by atoms with E-state index in [1.165, 1.54) is 0 Å². The van der Waals surface area contributed by atoms with E-state index in [1.54, 1.807) is 0 Å². The molecule has 0 saturated carbocycles. The molecule has 0 aromatic heterocycles. The van der Waals surface area contributed by atoms with Crippen LogP contribution in [0, 0.1) is 3.57 Å². The van der Waals surface area contributed by atoms with Crippen LogP contribution < -0.4 is 5.32 Å². The first-order chi connectivity index (χ1) is 9.47. The van der Waals surface area contributed by atoms with E-state index in [2.05, 4.69) is 32.8 Å².